The molecular weight excluding hydrogens is 266 g/mol. The number of hydrogen-bond acceptors (Lipinski definition) is 2. The minimum Gasteiger partial charge on any atom is -0.478 e. The smallest absolute Gasteiger partial charge is 0.335 e. The molecular formula is C17H23NO3. The van der Waals surface area contributed by atoms with Crippen LogP contribution in [-0.2, 0) is 11.2 Å². The first-order valence-corrected chi connectivity index (χ1v) is 7.64. The average molecular weight is 289 g/mol. The molecule has 0 saturated heterocycles. The van der Waals surface area contributed by atoms with E-state index < -0.39 is 5.97 Å². The lowest BCUT2D eigenvalue weighted by Gasteiger charge is -2.26. The number of amides is 1. The molecule has 1 aliphatic rings. The topological polar surface area (TPSA) is 66.4 Å². The maximum Gasteiger partial charge on any atom is 0.335 e. The standard InChI is InChI=1S/C17H23NO3/c1-12-5-4-6-13(9-12)11-18-16(19)10-14-7-2-3-8-15(14)17(20)21/h2-3,7-8,12-13H,4-6,9-11H2,1H3,(H,18,19)(H,20,21). The van der Waals surface area contributed by atoms with Crippen molar-refractivity contribution in [1.29, 1.82) is 0 Å². The number of carbonyl (C=O) groups is 2. The molecule has 1 amide bonds. The molecule has 1 aliphatic carbocycles. The maximum absolute atomic E-state index is 12.0. The fourth-order valence-electron chi connectivity index (χ4n) is 3.12. The van der Waals surface area contributed by atoms with Gasteiger partial charge in [0.25, 0.3) is 0 Å². The molecule has 0 spiro atoms. The van der Waals surface area contributed by atoms with Gasteiger partial charge in [-0.2, -0.15) is 0 Å². The van der Waals surface area contributed by atoms with Crippen LogP contribution in [0.5, 0.6) is 0 Å². The third-order valence-electron chi connectivity index (χ3n) is 4.23. The van der Waals surface area contributed by atoms with Crippen LogP contribution in [0.2, 0.25) is 0 Å². The summed E-state index contributed by atoms with van der Waals surface area (Å²) in [4.78, 5) is 23.1. The van der Waals surface area contributed by atoms with Gasteiger partial charge in [-0.3, -0.25) is 4.79 Å². The number of hydrogen-bond donors (Lipinski definition) is 2. The number of rotatable bonds is 5. The summed E-state index contributed by atoms with van der Waals surface area (Å²) in [6.45, 7) is 2.97. The molecule has 0 radical (unpaired) electrons. The van der Waals surface area contributed by atoms with E-state index >= 15 is 0 Å². The minimum atomic E-state index is -0.987. The molecule has 0 heterocycles. The van der Waals surface area contributed by atoms with Crippen LogP contribution in [0.25, 0.3) is 0 Å². The van der Waals surface area contributed by atoms with Crippen molar-refractivity contribution in [3.05, 3.63) is 35.4 Å². The Morgan fingerprint density at radius 3 is 2.76 bits per heavy atom. The van der Waals surface area contributed by atoms with E-state index in [0.29, 0.717) is 18.0 Å². The van der Waals surface area contributed by atoms with Crippen LogP contribution >= 0.6 is 0 Å². The first kappa shape index (κ1) is 15.5. The van der Waals surface area contributed by atoms with Crippen molar-refractivity contribution >= 4 is 11.9 Å². The zero-order valence-electron chi connectivity index (χ0n) is 12.5. The lowest BCUT2D eigenvalue weighted by Crippen LogP contribution is -2.32. The summed E-state index contributed by atoms with van der Waals surface area (Å²) < 4.78 is 0. The Bertz CT molecular complexity index is 513. The van der Waals surface area contributed by atoms with E-state index in [1.807, 2.05) is 0 Å². The zero-order chi connectivity index (χ0) is 15.2. The molecule has 2 N–H and O–H groups in total. The molecule has 4 nitrogen and oxygen atoms in total. The quantitative estimate of drug-likeness (QED) is 0.876. The second kappa shape index (κ2) is 7.25. The molecule has 0 bridgehead atoms. The molecule has 2 unspecified atom stereocenters. The third-order valence-corrected chi connectivity index (χ3v) is 4.23. The normalized spacial score (nSPS) is 21.8. The molecule has 114 valence electrons. The summed E-state index contributed by atoms with van der Waals surface area (Å²) in [5.41, 5.74) is 0.776. The highest BCUT2D eigenvalue weighted by atomic mass is 16.4. The maximum atomic E-state index is 12.0. The number of carbonyl (C=O) groups excluding carboxylic acids is 1. The lowest BCUT2D eigenvalue weighted by atomic mass is 9.82. The number of aromatic carboxylic acids is 1. The SMILES string of the molecule is CC1CCCC(CNC(=O)Cc2ccccc2C(=O)O)C1. The number of nitrogens with one attached hydrogen (secondary N) is 1. The fraction of sp³-hybridized carbons (Fsp3) is 0.529. The second-order valence-electron chi connectivity index (χ2n) is 6.08. The summed E-state index contributed by atoms with van der Waals surface area (Å²) >= 11 is 0. The molecule has 2 rings (SSSR count). The molecule has 0 aromatic heterocycles. The van der Waals surface area contributed by atoms with Gasteiger partial charge in [0.1, 0.15) is 0 Å². The number of benzene rings is 1. The van der Waals surface area contributed by atoms with Crippen LogP contribution in [0.4, 0.5) is 0 Å². The summed E-state index contributed by atoms with van der Waals surface area (Å²) in [7, 11) is 0. The van der Waals surface area contributed by atoms with E-state index in [4.69, 9.17) is 5.11 Å². The highest BCUT2D eigenvalue weighted by molar-refractivity contribution is 5.91. The van der Waals surface area contributed by atoms with Gasteiger partial charge >= 0.3 is 5.97 Å². The van der Waals surface area contributed by atoms with Gasteiger partial charge in [-0.1, -0.05) is 38.0 Å². The van der Waals surface area contributed by atoms with Crippen molar-refractivity contribution in [3.63, 3.8) is 0 Å². The van der Waals surface area contributed by atoms with E-state index in [1.165, 1.54) is 31.7 Å². The van der Waals surface area contributed by atoms with E-state index in [-0.39, 0.29) is 17.9 Å². The third kappa shape index (κ3) is 4.59. The van der Waals surface area contributed by atoms with Gasteiger partial charge in [-0.25, -0.2) is 4.79 Å². The van der Waals surface area contributed by atoms with Crippen LogP contribution in [0.1, 0.15) is 48.5 Å². The minimum absolute atomic E-state index is 0.0954. The molecule has 1 aromatic rings. The van der Waals surface area contributed by atoms with E-state index in [9.17, 15) is 9.59 Å². The average Bonchev–Trinajstić information content (AvgIpc) is 2.45. The number of carboxylic acids is 1. The van der Waals surface area contributed by atoms with Crippen LogP contribution in [0.15, 0.2) is 24.3 Å². The summed E-state index contributed by atoms with van der Waals surface area (Å²) in [5, 5.41) is 12.1. The summed E-state index contributed by atoms with van der Waals surface area (Å²) in [5.74, 6) is 0.224. The van der Waals surface area contributed by atoms with Crippen LogP contribution < -0.4 is 5.32 Å². The molecule has 21 heavy (non-hydrogen) atoms. The first-order chi connectivity index (χ1) is 10.1. The van der Waals surface area contributed by atoms with Crippen LogP contribution in [-0.4, -0.2) is 23.5 Å². The molecule has 1 aromatic carbocycles. The lowest BCUT2D eigenvalue weighted by molar-refractivity contribution is -0.120. The number of carboxylic acid groups (broad SMARTS) is 1. The van der Waals surface area contributed by atoms with E-state index in [2.05, 4.69) is 12.2 Å². The van der Waals surface area contributed by atoms with Gasteiger partial charge in [0.15, 0.2) is 0 Å². The molecule has 1 saturated carbocycles. The Morgan fingerprint density at radius 1 is 1.29 bits per heavy atom. The first-order valence-electron chi connectivity index (χ1n) is 7.64. The predicted octanol–water partition coefficient (Wildman–Crippen LogP) is 2.87. The summed E-state index contributed by atoms with van der Waals surface area (Å²) in [6, 6.07) is 6.67. The van der Waals surface area contributed by atoms with E-state index in [1.54, 1.807) is 18.2 Å². The highest BCUT2D eigenvalue weighted by Crippen LogP contribution is 2.27. The highest BCUT2D eigenvalue weighted by Gasteiger charge is 2.19. The van der Waals surface area contributed by atoms with Crippen LogP contribution in [0.3, 0.4) is 0 Å². The summed E-state index contributed by atoms with van der Waals surface area (Å²) in [6.07, 6.45) is 5.01. The van der Waals surface area contributed by atoms with Crippen LogP contribution in [0, 0.1) is 11.8 Å². The van der Waals surface area contributed by atoms with Gasteiger partial charge in [0.2, 0.25) is 5.91 Å². The van der Waals surface area contributed by atoms with Gasteiger partial charge in [0.05, 0.1) is 12.0 Å². The fourth-order valence-corrected chi connectivity index (χ4v) is 3.12. The molecule has 4 heteroatoms. The van der Waals surface area contributed by atoms with Crippen molar-refractivity contribution in [2.24, 2.45) is 11.8 Å². The Hall–Kier alpha value is -1.84. The Kier molecular flexibility index (Phi) is 5.37. The largest absolute Gasteiger partial charge is 0.478 e. The monoisotopic (exact) mass is 289 g/mol. The van der Waals surface area contributed by atoms with Crippen molar-refractivity contribution in [1.82, 2.24) is 5.32 Å². The Balaban J connectivity index is 1.86. The van der Waals surface area contributed by atoms with Crippen molar-refractivity contribution in [2.75, 3.05) is 6.54 Å². The molecule has 1 fully saturated rings. The Labute approximate surface area is 125 Å². The molecule has 0 aliphatic heterocycles. The Morgan fingerprint density at radius 2 is 2.05 bits per heavy atom. The van der Waals surface area contributed by atoms with Gasteiger partial charge in [-0.15, -0.1) is 0 Å². The second-order valence-corrected chi connectivity index (χ2v) is 6.08. The van der Waals surface area contributed by atoms with Gasteiger partial charge in [-0.05, 0) is 36.3 Å². The van der Waals surface area contributed by atoms with Crippen molar-refractivity contribution in [2.45, 2.75) is 39.0 Å². The van der Waals surface area contributed by atoms with Crippen molar-refractivity contribution in [3.8, 4) is 0 Å². The van der Waals surface area contributed by atoms with Gasteiger partial charge < -0.3 is 10.4 Å². The molecule has 2 atom stereocenters. The van der Waals surface area contributed by atoms with E-state index in [0.717, 1.165) is 5.92 Å². The predicted molar refractivity (Wildman–Crippen MR) is 81.2 cm³/mol. The van der Waals surface area contributed by atoms with Gasteiger partial charge in [0, 0.05) is 6.54 Å². The van der Waals surface area contributed by atoms with Crippen molar-refractivity contribution < 1.29 is 14.7 Å². The zero-order valence-corrected chi connectivity index (χ0v) is 12.5.